The molecule has 15 N–H and O–H groups in total. The van der Waals surface area contributed by atoms with Gasteiger partial charge in [-0.2, -0.15) is 0 Å². The highest BCUT2D eigenvalue weighted by atomic mass is 16.3. The maximum absolute atomic E-state index is 12.6. The summed E-state index contributed by atoms with van der Waals surface area (Å²) in [6.45, 7) is 0.346. The number of rotatable bonds is 19. The van der Waals surface area contributed by atoms with Crippen LogP contribution in [0.1, 0.15) is 33.1 Å². The number of primary amides is 3. The highest BCUT2D eigenvalue weighted by Gasteiger charge is 2.30. The number of hydrogen-bond donors (Lipinski definition) is 11. The standard InChI is InChI=1S/C22H38N10O10/c1-9(18(26)38)29-19(39)10(2)30-21(41)12(5-15(25)35)32-22(42)13(8-33)31-17(37)7-27-16(36)6-28-20(40)11(23)3-4-14(24)34/h9-13,33H,3-8,23H2,1-2H3,(H2,24,34)(H2,25,35)(H2,26,38)(H,27,36)(H,28,40)(H,29,39)(H,30,41)(H,31,37)(H,32,42). The van der Waals surface area contributed by atoms with E-state index in [9.17, 15) is 48.3 Å². The van der Waals surface area contributed by atoms with E-state index in [-0.39, 0.29) is 12.8 Å². The van der Waals surface area contributed by atoms with Crippen LogP contribution in [0.2, 0.25) is 0 Å². The lowest BCUT2D eigenvalue weighted by molar-refractivity contribution is -0.135. The minimum Gasteiger partial charge on any atom is -0.394 e. The first kappa shape index (κ1) is 37.1. The SMILES string of the molecule is CC(NC(=O)C(C)NC(=O)C(CC(N)=O)NC(=O)C(CO)NC(=O)CNC(=O)CNC(=O)C(N)CCC(N)=O)C(N)=O. The zero-order valence-corrected chi connectivity index (χ0v) is 23.1. The van der Waals surface area contributed by atoms with Crippen molar-refractivity contribution in [2.45, 2.75) is 63.3 Å². The van der Waals surface area contributed by atoms with E-state index in [1.54, 1.807) is 0 Å². The van der Waals surface area contributed by atoms with Crippen molar-refractivity contribution in [3.63, 3.8) is 0 Å². The van der Waals surface area contributed by atoms with Gasteiger partial charge in [0.25, 0.3) is 0 Å². The van der Waals surface area contributed by atoms with Gasteiger partial charge in [0.1, 0.15) is 24.2 Å². The van der Waals surface area contributed by atoms with Gasteiger partial charge in [0.2, 0.25) is 53.2 Å². The fraction of sp³-hybridized carbons (Fsp3) is 0.591. The highest BCUT2D eigenvalue weighted by Crippen LogP contribution is 1.97. The van der Waals surface area contributed by atoms with Crippen LogP contribution in [0, 0.1) is 0 Å². The molecule has 0 radical (unpaired) electrons. The van der Waals surface area contributed by atoms with Crippen LogP contribution in [-0.4, -0.2) is 108 Å². The summed E-state index contributed by atoms with van der Waals surface area (Å²) in [6, 6.07) is -6.64. The van der Waals surface area contributed by atoms with E-state index in [1.807, 2.05) is 0 Å². The number of hydrogen-bond acceptors (Lipinski definition) is 11. The Morgan fingerprint density at radius 3 is 1.71 bits per heavy atom. The zero-order chi connectivity index (χ0) is 32.6. The van der Waals surface area contributed by atoms with E-state index in [4.69, 9.17) is 22.9 Å². The van der Waals surface area contributed by atoms with Gasteiger partial charge in [0.05, 0.1) is 32.2 Å². The Hall–Kier alpha value is -4.85. The van der Waals surface area contributed by atoms with Gasteiger partial charge in [-0.15, -0.1) is 0 Å². The lowest BCUT2D eigenvalue weighted by Crippen LogP contribution is -2.58. The molecule has 0 fully saturated rings. The van der Waals surface area contributed by atoms with Gasteiger partial charge in [-0.05, 0) is 20.3 Å². The highest BCUT2D eigenvalue weighted by molar-refractivity contribution is 5.97. The Morgan fingerprint density at radius 1 is 0.643 bits per heavy atom. The Labute approximate surface area is 239 Å². The number of carbonyl (C=O) groups excluding carboxylic acids is 9. The van der Waals surface area contributed by atoms with E-state index >= 15 is 0 Å². The van der Waals surface area contributed by atoms with Gasteiger partial charge in [0.15, 0.2) is 0 Å². The summed E-state index contributed by atoms with van der Waals surface area (Å²) in [6.07, 6.45) is -0.894. The second-order valence-corrected chi connectivity index (χ2v) is 9.00. The summed E-state index contributed by atoms with van der Waals surface area (Å²) >= 11 is 0. The molecular weight excluding hydrogens is 564 g/mol. The van der Waals surface area contributed by atoms with Crippen molar-refractivity contribution >= 4 is 53.2 Å². The number of aliphatic hydroxyl groups excluding tert-OH is 1. The fourth-order valence-corrected chi connectivity index (χ4v) is 2.88. The average molecular weight is 603 g/mol. The van der Waals surface area contributed by atoms with Crippen molar-refractivity contribution in [1.29, 1.82) is 0 Å². The van der Waals surface area contributed by atoms with Crippen LogP contribution in [0.5, 0.6) is 0 Å². The lowest BCUT2D eigenvalue weighted by atomic mass is 10.1. The molecule has 5 unspecified atom stereocenters. The predicted octanol–water partition coefficient (Wildman–Crippen LogP) is -7.86. The third-order valence-electron chi connectivity index (χ3n) is 5.32. The minimum absolute atomic E-state index is 0.0393. The summed E-state index contributed by atoms with van der Waals surface area (Å²) < 4.78 is 0. The topological polar surface area (TPSA) is 350 Å². The quantitative estimate of drug-likeness (QED) is 0.0659. The second kappa shape index (κ2) is 18.5. The molecule has 0 saturated carbocycles. The monoisotopic (exact) mass is 602 g/mol. The number of nitrogens with two attached hydrogens (primary N) is 4. The first-order chi connectivity index (χ1) is 19.5. The summed E-state index contributed by atoms with van der Waals surface area (Å²) in [4.78, 5) is 107. The van der Waals surface area contributed by atoms with Crippen molar-refractivity contribution in [2.75, 3.05) is 19.7 Å². The second-order valence-electron chi connectivity index (χ2n) is 9.00. The number of aliphatic hydroxyl groups is 1. The summed E-state index contributed by atoms with van der Waals surface area (Å²) in [5.41, 5.74) is 20.7. The predicted molar refractivity (Wildman–Crippen MR) is 142 cm³/mol. The smallest absolute Gasteiger partial charge is 0.245 e. The minimum atomic E-state index is -1.64. The van der Waals surface area contributed by atoms with E-state index < -0.39 is 109 Å². The van der Waals surface area contributed by atoms with Gasteiger partial charge in [0, 0.05) is 6.42 Å². The van der Waals surface area contributed by atoms with E-state index in [2.05, 4.69) is 31.9 Å². The largest absolute Gasteiger partial charge is 0.394 e. The van der Waals surface area contributed by atoms with Gasteiger partial charge in [-0.3, -0.25) is 43.2 Å². The van der Waals surface area contributed by atoms with Crippen molar-refractivity contribution in [3.8, 4) is 0 Å². The van der Waals surface area contributed by atoms with Crippen molar-refractivity contribution in [1.82, 2.24) is 31.9 Å². The molecule has 20 heteroatoms. The van der Waals surface area contributed by atoms with Gasteiger partial charge < -0.3 is 59.9 Å². The molecule has 0 aliphatic carbocycles. The molecular formula is C22H38N10O10. The number of amides is 9. The maximum atomic E-state index is 12.6. The molecule has 0 bridgehead atoms. The Kier molecular flexibility index (Phi) is 16.4. The number of carbonyl (C=O) groups is 9. The van der Waals surface area contributed by atoms with E-state index in [0.717, 1.165) is 0 Å². The Morgan fingerprint density at radius 2 is 1.19 bits per heavy atom. The molecule has 20 nitrogen and oxygen atoms in total. The molecule has 0 spiro atoms. The van der Waals surface area contributed by atoms with Crippen LogP contribution in [-0.2, 0) is 43.2 Å². The maximum Gasteiger partial charge on any atom is 0.245 e. The van der Waals surface area contributed by atoms with Crippen LogP contribution in [0.3, 0.4) is 0 Å². The molecule has 9 amide bonds. The van der Waals surface area contributed by atoms with Crippen molar-refractivity contribution in [3.05, 3.63) is 0 Å². The molecule has 0 aromatic heterocycles. The third-order valence-corrected chi connectivity index (χ3v) is 5.32. The molecule has 0 heterocycles. The van der Waals surface area contributed by atoms with E-state index in [0.29, 0.717) is 0 Å². The fourth-order valence-electron chi connectivity index (χ4n) is 2.88. The van der Waals surface area contributed by atoms with E-state index in [1.165, 1.54) is 13.8 Å². The van der Waals surface area contributed by atoms with Crippen LogP contribution in [0.4, 0.5) is 0 Å². The number of nitrogens with one attached hydrogen (secondary N) is 6. The first-order valence-electron chi connectivity index (χ1n) is 12.5. The molecule has 0 saturated heterocycles. The summed E-state index contributed by atoms with van der Waals surface area (Å²) in [7, 11) is 0. The molecule has 0 aliphatic heterocycles. The Balaban J connectivity index is 4.95. The van der Waals surface area contributed by atoms with Crippen LogP contribution < -0.4 is 54.8 Å². The average Bonchev–Trinajstić information content (AvgIpc) is 2.90. The van der Waals surface area contributed by atoms with Crippen LogP contribution in [0.15, 0.2) is 0 Å². The normalized spacial score (nSPS) is 14.0. The van der Waals surface area contributed by atoms with Gasteiger partial charge in [-0.1, -0.05) is 0 Å². The molecule has 0 aliphatic rings. The summed E-state index contributed by atoms with van der Waals surface area (Å²) in [5, 5.41) is 22.6. The third kappa shape index (κ3) is 15.1. The molecule has 0 aromatic carbocycles. The van der Waals surface area contributed by atoms with Crippen molar-refractivity contribution in [2.24, 2.45) is 22.9 Å². The van der Waals surface area contributed by atoms with Crippen LogP contribution >= 0.6 is 0 Å². The molecule has 5 atom stereocenters. The lowest BCUT2D eigenvalue weighted by Gasteiger charge is -2.23. The van der Waals surface area contributed by atoms with Crippen molar-refractivity contribution < 1.29 is 48.3 Å². The molecule has 0 aromatic rings. The first-order valence-corrected chi connectivity index (χ1v) is 12.5. The molecule has 236 valence electrons. The van der Waals surface area contributed by atoms with Gasteiger partial charge >= 0.3 is 0 Å². The van der Waals surface area contributed by atoms with Crippen LogP contribution in [0.25, 0.3) is 0 Å². The molecule has 0 rings (SSSR count). The summed E-state index contributed by atoms with van der Waals surface area (Å²) in [5.74, 6) is -7.94. The Bertz CT molecular complexity index is 1050. The molecule has 42 heavy (non-hydrogen) atoms. The zero-order valence-electron chi connectivity index (χ0n) is 23.1. The van der Waals surface area contributed by atoms with Gasteiger partial charge in [-0.25, -0.2) is 0 Å².